The lowest BCUT2D eigenvalue weighted by atomic mass is 10.0. The third kappa shape index (κ3) is 3.47. The maximum atomic E-state index is 12.6. The molecule has 130 valence electrons. The number of pyridine rings is 1. The highest BCUT2D eigenvalue weighted by molar-refractivity contribution is 5.73. The van der Waals surface area contributed by atoms with Crippen molar-refractivity contribution in [2.24, 2.45) is 7.05 Å². The van der Waals surface area contributed by atoms with Gasteiger partial charge in [0.1, 0.15) is 17.1 Å². The molecule has 2 aromatic carbocycles. The van der Waals surface area contributed by atoms with Crippen molar-refractivity contribution in [1.29, 1.82) is 0 Å². The largest absolute Gasteiger partial charge is 0.497 e. The maximum Gasteiger partial charge on any atom is 0.269 e. The molecule has 0 spiro atoms. The average Bonchev–Trinajstić information content (AvgIpc) is 2.69. The SMILES string of the molecule is COc1ccc(-c2cn(C)c(=O)c(C#Cc3ccccc3)c2OC)cc1. The third-order valence-corrected chi connectivity index (χ3v) is 4.04. The molecule has 0 saturated carbocycles. The Kier molecular flexibility index (Phi) is 5.09. The number of benzene rings is 2. The second-order valence-electron chi connectivity index (χ2n) is 5.71. The summed E-state index contributed by atoms with van der Waals surface area (Å²) in [6.45, 7) is 0. The fraction of sp³-hybridized carbons (Fsp3) is 0.136. The van der Waals surface area contributed by atoms with E-state index in [1.54, 1.807) is 27.5 Å². The van der Waals surface area contributed by atoms with Gasteiger partial charge < -0.3 is 14.0 Å². The van der Waals surface area contributed by atoms with Gasteiger partial charge in [-0.05, 0) is 29.8 Å². The molecule has 0 unspecified atom stereocenters. The van der Waals surface area contributed by atoms with Gasteiger partial charge in [-0.25, -0.2) is 0 Å². The molecule has 1 heterocycles. The van der Waals surface area contributed by atoms with Crippen molar-refractivity contribution in [1.82, 2.24) is 4.57 Å². The minimum atomic E-state index is -0.192. The molecule has 3 rings (SSSR count). The highest BCUT2D eigenvalue weighted by Gasteiger charge is 2.15. The molecule has 0 fully saturated rings. The van der Waals surface area contributed by atoms with Crippen molar-refractivity contribution < 1.29 is 9.47 Å². The average molecular weight is 345 g/mol. The summed E-state index contributed by atoms with van der Waals surface area (Å²) in [4.78, 5) is 12.6. The van der Waals surface area contributed by atoms with E-state index >= 15 is 0 Å². The van der Waals surface area contributed by atoms with Gasteiger partial charge in [0.05, 0.1) is 14.2 Å². The predicted molar refractivity (Wildman–Crippen MR) is 103 cm³/mol. The molecule has 0 N–H and O–H groups in total. The number of nitrogens with zero attached hydrogens (tertiary/aromatic N) is 1. The first-order chi connectivity index (χ1) is 12.6. The predicted octanol–water partition coefficient (Wildman–Crippen LogP) is 3.47. The zero-order valence-corrected chi connectivity index (χ0v) is 14.9. The summed E-state index contributed by atoms with van der Waals surface area (Å²) in [5.74, 6) is 7.27. The standard InChI is InChI=1S/C22H19NO3/c1-23-15-20(17-10-12-18(25-2)13-11-17)21(26-3)19(22(23)24)14-9-16-7-5-4-6-8-16/h4-8,10-13,15H,1-3H3. The van der Waals surface area contributed by atoms with E-state index in [9.17, 15) is 4.79 Å². The second kappa shape index (κ2) is 7.62. The first-order valence-electron chi connectivity index (χ1n) is 8.13. The van der Waals surface area contributed by atoms with Crippen LogP contribution in [0.5, 0.6) is 11.5 Å². The van der Waals surface area contributed by atoms with Gasteiger partial charge in [-0.2, -0.15) is 0 Å². The monoisotopic (exact) mass is 345 g/mol. The number of hydrogen-bond donors (Lipinski definition) is 0. The van der Waals surface area contributed by atoms with Crippen molar-refractivity contribution in [2.75, 3.05) is 14.2 Å². The van der Waals surface area contributed by atoms with Gasteiger partial charge in [-0.3, -0.25) is 4.79 Å². The van der Waals surface area contributed by atoms with Gasteiger partial charge in [0, 0.05) is 24.4 Å². The minimum Gasteiger partial charge on any atom is -0.497 e. The number of aryl methyl sites for hydroxylation is 1. The van der Waals surface area contributed by atoms with E-state index in [-0.39, 0.29) is 5.56 Å². The van der Waals surface area contributed by atoms with Gasteiger partial charge in [-0.1, -0.05) is 42.2 Å². The first-order valence-corrected chi connectivity index (χ1v) is 8.13. The Balaban J connectivity index is 2.17. The Labute approximate surface area is 152 Å². The highest BCUT2D eigenvalue weighted by atomic mass is 16.5. The van der Waals surface area contributed by atoms with E-state index in [4.69, 9.17) is 9.47 Å². The summed E-state index contributed by atoms with van der Waals surface area (Å²) >= 11 is 0. The van der Waals surface area contributed by atoms with Crippen molar-refractivity contribution >= 4 is 0 Å². The van der Waals surface area contributed by atoms with Crippen LogP contribution < -0.4 is 15.0 Å². The van der Waals surface area contributed by atoms with Crippen LogP contribution in [0.3, 0.4) is 0 Å². The van der Waals surface area contributed by atoms with Gasteiger partial charge in [0.25, 0.3) is 5.56 Å². The molecule has 4 nitrogen and oxygen atoms in total. The summed E-state index contributed by atoms with van der Waals surface area (Å²) in [5.41, 5.74) is 2.71. The van der Waals surface area contributed by atoms with Crippen molar-refractivity contribution in [2.45, 2.75) is 0 Å². The number of rotatable bonds is 3. The zero-order valence-electron chi connectivity index (χ0n) is 14.9. The number of ether oxygens (including phenoxy) is 2. The number of hydrogen-bond acceptors (Lipinski definition) is 3. The molecular weight excluding hydrogens is 326 g/mol. The molecule has 0 bridgehead atoms. The summed E-state index contributed by atoms with van der Waals surface area (Å²) in [5, 5.41) is 0. The van der Waals surface area contributed by atoms with E-state index in [0.717, 1.165) is 22.4 Å². The van der Waals surface area contributed by atoms with Crippen LogP contribution in [-0.2, 0) is 7.05 Å². The van der Waals surface area contributed by atoms with E-state index in [2.05, 4.69) is 11.8 Å². The lowest BCUT2D eigenvalue weighted by Crippen LogP contribution is -2.20. The van der Waals surface area contributed by atoms with E-state index in [0.29, 0.717) is 11.3 Å². The van der Waals surface area contributed by atoms with Crippen LogP contribution in [0.15, 0.2) is 65.6 Å². The molecule has 26 heavy (non-hydrogen) atoms. The van der Waals surface area contributed by atoms with Gasteiger partial charge in [0.15, 0.2) is 0 Å². The Bertz CT molecular complexity index is 1020. The molecule has 0 atom stereocenters. The fourth-order valence-electron chi connectivity index (χ4n) is 2.67. The molecule has 0 aliphatic heterocycles. The molecule has 0 amide bonds. The van der Waals surface area contributed by atoms with Crippen molar-refractivity contribution in [3.8, 4) is 34.5 Å². The highest BCUT2D eigenvalue weighted by Crippen LogP contribution is 2.32. The van der Waals surface area contributed by atoms with Crippen LogP contribution in [0.4, 0.5) is 0 Å². The summed E-state index contributed by atoms with van der Waals surface area (Å²) in [6, 6.07) is 17.1. The van der Waals surface area contributed by atoms with Gasteiger partial charge in [-0.15, -0.1) is 0 Å². The Hall–Kier alpha value is -3.45. The topological polar surface area (TPSA) is 40.5 Å². The lowest BCUT2D eigenvalue weighted by Gasteiger charge is -2.13. The third-order valence-electron chi connectivity index (χ3n) is 4.04. The van der Waals surface area contributed by atoms with Crippen LogP contribution in [0.25, 0.3) is 11.1 Å². The summed E-state index contributed by atoms with van der Waals surface area (Å²) in [6.07, 6.45) is 1.76. The van der Waals surface area contributed by atoms with Crippen LogP contribution in [0, 0.1) is 11.8 Å². The molecule has 1 aromatic heterocycles. The molecule has 3 aromatic rings. The first kappa shape index (κ1) is 17.4. The maximum absolute atomic E-state index is 12.6. The molecule has 0 aliphatic rings. The zero-order chi connectivity index (χ0) is 18.5. The number of methoxy groups -OCH3 is 2. The summed E-state index contributed by atoms with van der Waals surface area (Å²) in [7, 11) is 4.89. The molecule has 4 heteroatoms. The van der Waals surface area contributed by atoms with E-state index < -0.39 is 0 Å². The number of aromatic nitrogens is 1. The smallest absolute Gasteiger partial charge is 0.269 e. The fourth-order valence-corrected chi connectivity index (χ4v) is 2.67. The Morgan fingerprint density at radius 1 is 0.885 bits per heavy atom. The Morgan fingerprint density at radius 3 is 2.19 bits per heavy atom. The van der Waals surface area contributed by atoms with E-state index in [1.807, 2.05) is 54.6 Å². The summed E-state index contributed by atoms with van der Waals surface area (Å²) < 4.78 is 12.3. The quantitative estimate of drug-likeness (QED) is 0.683. The van der Waals surface area contributed by atoms with Gasteiger partial charge in [0.2, 0.25) is 0 Å². The lowest BCUT2D eigenvalue weighted by molar-refractivity contribution is 0.412. The Morgan fingerprint density at radius 2 is 1.58 bits per heavy atom. The molecular formula is C22H19NO3. The van der Waals surface area contributed by atoms with Crippen molar-refractivity contribution in [3.05, 3.63) is 82.3 Å². The normalized spacial score (nSPS) is 9.96. The van der Waals surface area contributed by atoms with Gasteiger partial charge >= 0.3 is 0 Å². The second-order valence-corrected chi connectivity index (χ2v) is 5.71. The van der Waals surface area contributed by atoms with Crippen molar-refractivity contribution in [3.63, 3.8) is 0 Å². The van der Waals surface area contributed by atoms with Crippen LogP contribution in [0.2, 0.25) is 0 Å². The minimum absolute atomic E-state index is 0.192. The van der Waals surface area contributed by atoms with Crippen LogP contribution >= 0.6 is 0 Å². The van der Waals surface area contributed by atoms with Crippen LogP contribution in [-0.4, -0.2) is 18.8 Å². The molecule has 0 radical (unpaired) electrons. The molecule has 0 aliphatic carbocycles. The van der Waals surface area contributed by atoms with E-state index in [1.165, 1.54) is 4.57 Å². The van der Waals surface area contributed by atoms with Crippen LogP contribution in [0.1, 0.15) is 11.1 Å². The molecule has 0 saturated heterocycles.